The number of pyridine rings is 1. The summed E-state index contributed by atoms with van der Waals surface area (Å²) in [5.74, 6) is 0.683. The van der Waals surface area contributed by atoms with Crippen molar-refractivity contribution in [1.82, 2.24) is 4.98 Å². The Hall–Kier alpha value is -1.27. The molecule has 0 aliphatic carbocycles. The van der Waals surface area contributed by atoms with Crippen LogP contribution in [0.25, 0.3) is 0 Å². The molecular weight excluding hydrogens is 188 g/mol. The third kappa shape index (κ3) is 3.77. The van der Waals surface area contributed by atoms with Crippen molar-refractivity contribution in [3.63, 3.8) is 0 Å². The van der Waals surface area contributed by atoms with E-state index in [2.05, 4.69) is 4.98 Å². The third-order valence-corrected chi connectivity index (χ3v) is 1.63. The van der Waals surface area contributed by atoms with Crippen LogP contribution in [0, 0.1) is 11.3 Å². The average Bonchev–Trinajstić information content (AvgIpc) is 2.15. The van der Waals surface area contributed by atoms with Crippen LogP contribution in [0.15, 0.2) is 18.3 Å². The first kappa shape index (κ1) is 9.82. The summed E-state index contributed by atoms with van der Waals surface area (Å²) in [5.41, 5.74) is 0. The van der Waals surface area contributed by atoms with Crippen LogP contribution in [0.4, 0.5) is 0 Å². The van der Waals surface area contributed by atoms with Gasteiger partial charge in [0, 0.05) is 6.42 Å². The molecule has 0 atom stereocenters. The van der Waals surface area contributed by atoms with Gasteiger partial charge >= 0.3 is 0 Å². The quantitative estimate of drug-likeness (QED) is 0.549. The molecule has 0 radical (unpaired) electrons. The first-order chi connectivity index (χ1) is 6.33. The lowest BCUT2D eigenvalue weighted by Crippen LogP contribution is -1.96. The van der Waals surface area contributed by atoms with Gasteiger partial charge in [-0.1, -0.05) is 11.6 Å². The van der Waals surface area contributed by atoms with Gasteiger partial charge in [-0.25, -0.2) is 4.98 Å². The second-order valence-corrected chi connectivity index (χ2v) is 2.81. The molecule has 0 saturated carbocycles. The fraction of sp³-hybridized carbons (Fsp3) is 0.333. The van der Waals surface area contributed by atoms with E-state index in [1.54, 1.807) is 18.3 Å². The molecule has 4 heteroatoms. The molecule has 0 saturated heterocycles. The molecular formula is C9H9ClN2O. The number of hydrogen-bond acceptors (Lipinski definition) is 3. The first-order valence-corrected chi connectivity index (χ1v) is 4.32. The van der Waals surface area contributed by atoms with E-state index in [9.17, 15) is 0 Å². The zero-order valence-electron chi connectivity index (χ0n) is 7.03. The van der Waals surface area contributed by atoms with Crippen molar-refractivity contribution in [2.45, 2.75) is 12.8 Å². The lowest BCUT2D eigenvalue weighted by atomic mass is 10.3. The van der Waals surface area contributed by atoms with Crippen molar-refractivity contribution in [1.29, 1.82) is 5.26 Å². The number of hydrogen-bond donors (Lipinski definition) is 0. The maximum Gasteiger partial charge on any atom is 0.137 e. The van der Waals surface area contributed by atoms with E-state index < -0.39 is 0 Å². The van der Waals surface area contributed by atoms with Crippen LogP contribution in [0.2, 0.25) is 5.15 Å². The van der Waals surface area contributed by atoms with Crippen LogP contribution < -0.4 is 4.74 Å². The zero-order chi connectivity index (χ0) is 9.52. The fourth-order valence-electron chi connectivity index (χ4n) is 0.789. The van der Waals surface area contributed by atoms with E-state index in [1.807, 2.05) is 6.07 Å². The highest BCUT2D eigenvalue weighted by atomic mass is 35.5. The third-order valence-electron chi connectivity index (χ3n) is 1.40. The fourth-order valence-corrected chi connectivity index (χ4v) is 0.901. The standard InChI is InChI=1S/C9H9ClN2O/c10-9-4-3-8(7-12-9)13-6-2-1-5-11/h3-4,7H,1-2,6H2. The number of ether oxygens (including phenoxy) is 1. The number of rotatable bonds is 4. The zero-order valence-corrected chi connectivity index (χ0v) is 7.79. The van der Waals surface area contributed by atoms with Gasteiger partial charge in [0.1, 0.15) is 10.9 Å². The van der Waals surface area contributed by atoms with Crippen molar-refractivity contribution < 1.29 is 4.74 Å². The van der Waals surface area contributed by atoms with E-state index in [0.717, 1.165) is 6.42 Å². The van der Waals surface area contributed by atoms with E-state index >= 15 is 0 Å². The van der Waals surface area contributed by atoms with E-state index in [4.69, 9.17) is 21.6 Å². The summed E-state index contributed by atoms with van der Waals surface area (Å²) in [5, 5.41) is 8.71. The van der Waals surface area contributed by atoms with Gasteiger partial charge < -0.3 is 4.74 Å². The van der Waals surface area contributed by atoms with Gasteiger partial charge in [0.25, 0.3) is 0 Å². The minimum absolute atomic E-state index is 0.448. The molecule has 1 aromatic rings. The molecule has 0 N–H and O–H groups in total. The Morgan fingerprint density at radius 1 is 1.54 bits per heavy atom. The van der Waals surface area contributed by atoms with Gasteiger partial charge in [-0.15, -0.1) is 0 Å². The Balaban J connectivity index is 2.30. The molecule has 0 aliphatic heterocycles. The first-order valence-electron chi connectivity index (χ1n) is 3.94. The second kappa shape index (κ2) is 5.39. The van der Waals surface area contributed by atoms with Crippen molar-refractivity contribution in [2.75, 3.05) is 6.61 Å². The topological polar surface area (TPSA) is 45.9 Å². The van der Waals surface area contributed by atoms with E-state index in [1.165, 1.54) is 0 Å². The number of unbranched alkanes of at least 4 members (excludes halogenated alkanes) is 1. The van der Waals surface area contributed by atoms with Crippen LogP contribution in [-0.4, -0.2) is 11.6 Å². The number of halogens is 1. The smallest absolute Gasteiger partial charge is 0.137 e. The van der Waals surface area contributed by atoms with Crippen LogP contribution in [-0.2, 0) is 0 Å². The monoisotopic (exact) mass is 196 g/mol. The molecule has 0 aromatic carbocycles. The second-order valence-electron chi connectivity index (χ2n) is 2.43. The predicted octanol–water partition coefficient (Wildman–Crippen LogP) is 2.42. The van der Waals surface area contributed by atoms with Gasteiger partial charge in [-0.2, -0.15) is 5.26 Å². The van der Waals surface area contributed by atoms with Crippen molar-refractivity contribution in [2.24, 2.45) is 0 Å². The Bertz CT molecular complexity index is 291. The normalized spacial score (nSPS) is 9.23. The average molecular weight is 197 g/mol. The van der Waals surface area contributed by atoms with Gasteiger partial charge in [-0.05, 0) is 18.6 Å². The summed E-state index contributed by atoms with van der Waals surface area (Å²) in [6.07, 6.45) is 2.81. The molecule has 0 unspecified atom stereocenters. The highest BCUT2D eigenvalue weighted by Crippen LogP contribution is 2.12. The maximum absolute atomic E-state index is 8.26. The molecule has 0 fully saturated rings. The van der Waals surface area contributed by atoms with Crippen LogP contribution in [0.3, 0.4) is 0 Å². The van der Waals surface area contributed by atoms with Gasteiger partial charge in [0.15, 0.2) is 0 Å². The van der Waals surface area contributed by atoms with Crippen LogP contribution >= 0.6 is 11.6 Å². The van der Waals surface area contributed by atoms with Crippen molar-refractivity contribution in [3.05, 3.63) is 23.5 Å². The minimum atomic E-state index is 0.448. The molecule has 68 valence electrons. The van der Waals surface area contributed by atoms with Crippen molar-refractivity contribution >= 4 is 11.6 Å². The number of nitrogens with zero attached hydrogens (tertiary/aromatic N) is 2. The summed E-state index contributed by atoms with van der Waals surface area (Å²) in [7, 11) is 0. The highest BCUT2D eigenvalue weighted by Gasteiger charge is 1.93. The van der Waals surface area contributed by atoms with Gasteiger partial charge in [-0.3, -0.25) is 0 Å². The minimum Gasteiger partial charge on any atom is -0.492 e. The number of aromatic nitrogens is 1. The Morgan fingerprint density at radius 3 is 3.00 bits per heavy atom. The Morgan fingerprint density at radius 2 is 2.38 bits per heavy atom. The molecule has 1 heterocycles. The summed E-state index contributed by atoms with van der Waals surface area (Å²) >= 11 is 5.59. The summed E-state index contributed by atoms with van der Waals surface area (Å²) in [4.78, 5) is 3.85. The molecule has 0 amide bonds. The lowest BCUT2D eigenvalue weighted by molar-refractivity contribution is 0.311. The Labute approximate surface area is 81.9 Å². The van der Waals surface area contributed by atoms with Gasteiger partial charge in [0.05, 0.1) is 18.9 Å². The summed E-state index contributed by atoms with van der Waals surface area (Å²) in [6, 6.07) is 5.47. The molecule has 1 aromatic heterocycles. The molecule has 3 nitrogen and oxygen atoms in total. The molecule has 0 bridgehead atoms. The summed E-state index contributed by atoms with van der Waals surface area (Å²) < 4.78 is 5.29. The lowest BCUT2D eigenvalue weighted by Gasteiger charge is -2.02. The van der Waals surface area contributed by atoms with Gasteiger partial charge in [0.2, 0.25) is 0 Å². The predicted molar refractivity (Wildman–Crippen MR) is 49.6 cm³/mol. The molecule has 0 spiro atoms. The molecule has 13 heavy (non-hydrogen) atoms. The molecule has 0 aliphatic rings. The van der Waals surface area contributed by atoms with Crippen LogP contribution in [0.5, 0.6) is 5.75 Å². The Kier molecular flexibility index (Phi) is 4.07. The highest BCUT2D eigenvalue weighted by molar-refractivity contribution is 6.29. The van der Waals surface area contributed by atoms with Crippen LogP contribution in [0.1, 0.15) is 12.8 Å². The largest absolute Gasteiger partial charge is 0.492 e. The maximum atomic E-state index is 8.26. The van der Waals surface area contributed by atoms with E-state index in [-0.39, 0.29) is 0 Å². The van der Waals surface area contributed by atoms with Crippen molar-refractivity contribution in [3.8, 4) is 11.8 Å². The summed E-state index contributed by atoms with van der Waals surface area (Å²) in [6.45, 7) is 0.539. The molecule has 1 rings (SSSR count). The SMILES string of the molecule is N#CCCCOc1ccc(Cl)nc1. The van der Waals surface area contributed by atoms with E-state index in [0.29, 0.717) is 23.9 Å². The number of nitriles is 1.